The molecule has 7 nitrogen and oxygen atoms in total. The number of primary amides is 1. The molecule has 2 heterocycles. The van der Waals surface area contributed by atoms with Gasteiger partial charge in [0.25, 0.3) is 0 Å². The second-order valence-corrected chi connectivity index (χ2v) is 8.58. The number of pyridine rings is 1. The Bertz CT molecular complexity index is 971. The second kappa shape index (κ2) is 9.06. The number of ether oxygens (including phenoxy) is 2. The van der Waals surface area contributed by atoms with E-state index in [0.717, 1.165) is 48.5 Å². The van der Waals surface area contributed by atoms with Crippen molar-refractivity contribution in [2.75, 3.05) is 18.5 Å². The lowest BCUT2D eigenvalue weighted by Crippen LogP contribution is -2.49. The van der Waals surface area contributed by atoms with Gasteiger partial charge in [-0.2, -0.15) is 0 Å². The van der Waals surface area contributed by atoms with Crippen molar-refractivity contribution in [1.82, 2.24) is 4.98 Å². The summed E-state index contributed by atoms with van der Waals surface area (Å²) in [5.74, 6) is 0.0596. The highest BCUT2D eigenvalue weighted by molar-refractivity contribution is 5.97. The lowest BCUT2D eigenvalue weighted by molar-refractivity contribution is -0.139. The standard InChI is InChI=1S/C24H29N3O4/c1-14-11-16(3-4-20(14)31-18-6-9-30-10-7-18)17-5-8-26-21(13-17)27-24(29)22-15(2)12-19(22)23(25)28/h3-5,8,11,13,15,18-19,22H,6-7,9-10,12H2,1-2H3,(H2,25,28)(H,26,27,29). The van der Waals surface area contributed by atoms with Crippen molar-refractivity contribution in [2.24, 2.45) is 23.5 Å². The highest BCUT2D eigenvalue weighted by Crippen LogP contribution is 2.40. The molecule has 0 radical (unpaired) electrons. The Morgan fingerprint density at radius 2 is 1.90 bits per heavy atom. The van der Waals surface area contributed by atoms with Gasteiger partial charge in [-0.25, -0.2) is 4.98 Å². The number of hydrogen-bond donors (Lipinski definition) is 2. The summed E-state index contributed by atoms with van der Waals surface area (Å²) in [5.41, 5.74) is 8.43. The number of nitrogens with zero attached hydrogens (tertiary/aromatic N) is 1. The topological polar surface area (TPSA) is 104 Å². The number of carbonyl (C=O) groups excluding carboxylic acids is 2. The maximum atomic E-state index is 12.7. The first-order chi connectivity index (χ1) is 14.9. The zero-order valence-corrected chi connectivity index (χ0v) is 18.0. The number of aryl methyl sites for hydroxylation is 1. The lowest BCUT2D eigenvalue weighted by atomic mass is 9.65. The second-order valence-electron chi connectivity index (χ2n) is 8.58. The van der Waals surface area contributed by atoms with E-state index >= 15 is 0 Å². The molecule has 2 fully saturated rings. The predicted octanol–water partition coefficient (Wildman–Crippen LogP) is 3.31. The van der Waals surface area contributed by atoms with Gasteiger partial charge in [-0.05, 0) is 60.2 Å². The average Bonchev–Trinajstić information content (AvgIpc) is 2.74. The number of nitrogens with one attached hydrogen (secondary N) is 1. The van der Waals surface area contributed by atoms with Gasteiger partial charge < -0.3 is 20.5 Å². The predicted molar refractivity (Wildman–Crippen MR) is 117 cm³/mol. The fourth-order valence-electron chi connectivity index (χ4n) is 4.45. The first-order valence-electron chi connectivity index (χ1n) is 10.8. The fraction of sp³-hybridized carbons (Fsp3) is 0.458. The smallest absolute Gasteiger partial charge is 0.229 e. The van der Waals surface area contributed by atoms with Crippen molar-refractivity contribution in [3.8, 4) is 16.9 Å². The van der Waals surface area contributed by atoms with Crippen molar-refractivity contribution in [3.63, 3.8) is 0 Å². The van der Waals surface area contributed by atoms with E-state index in [9.17, 15) is 9.59 Å². The molecule has 0 spiro atoms. The zero-order chi connectivity index (χ0) is 22.0. The summed E-state index contributed by atoms with van der Waals surface area (Å²) in [6, 6.07) is 9.83. The summed E-state index contributed by atoms with van der Waals surface area (Å²) in [5, 5.41) is 2.86. The number of nitrogens with two attached hydrogens (primary N) is 1. The number of amides is 2. The number of rotatable bonds is 6. The van der Waals surface area contributed by atoms with E-state index in [0.29, 0.717) is 12.2 Å². The van der Waals surface area contributed by atoms with Gasteiger partial charge >= 0.3 is 0 Å². The molecule has 3 unspecified atom stereocenters. The number of benzene rings is 1. The largest absolute Gasteiger partial charge is 0.490 e. The minimum absolute atomic E-state index is 0.131. The van der Waals surface area contributed by atoms with Gasteiger partial charge in [0.05, 0.1) is 19.1 Å². The fourth-order valence-corrected chi connectivity index (χ4v) is 4.45. The normalized spacial score (nSPS) is 23.6. The minimum atomic E-state index is -0.418. The summed E-state index contributed by atoms with van der Waals surface area (Å²) in [6.07, 6.45) is 4.33. The maximum absolute atomic E-state index is 12.7. The van der Waals surface area contributed by atoms with Gasteiger partial charge in [-0.15, -0.1) is 0 Å². The van der Waals surface area contributed by atoms with Crippen LogP contribution in [0.2, 0.25) is 0 Å². The van der Waals surface area contributed by atoms with Crippen LogP contribution in [-0.4, -0.2) is 36.1 Å². The summed E-state index contributed by atoms with van der Waals surface area (Å²) in [6.45, 7) is 5.48. The van der Waals surface area contributed by atoms with Crippen LogP contribution in [0.25, 0.3) is 11.1 Å². The van der Waals surface area contributed by atoms with Crippen LogP contribution in [0.3, 0.4) is 0 Å². The maximum Gasteiger partial charge on any atom is 0.229 e. The van der Waals surface area contributed by atoms with Crippen LogP contribution >= 0.6 is 0 Å². The van der Waals surface area contributed by atoms with Crippen LogP contribution in [-0.2, 0) is 14.3 Å². The van der Waals surface area contributed by atoms with E-state index in [4.69, 9.17) is 15.2 Å². The van der Waals surface area contributed by atoms with E-state index in [1.165, 1.54) is 0 Å². The van der Waals surface area contributed by atoms with Gasteiger partial charge in [-0.3, -0.25) is 9.59 Å². The van der Waals surface area contributed by atoms with Crippen LogP contribution in [0, 0.1) is 24.7 Å². The van der Waals surface area contributed by atoms with Crippen molar-refractivity contribution >= 4 is 17.6 Å². The van der Waals surface area contributed by atoms with Crippen LogP contribution in [0.1, 0.15) is 31.7 Å². The summed E-state index contributed by atoms with van der Waals surface area (Å²) >= 11 is 0. The molecule has 4 rings (SSSR count). The SMILES string of the molecule is Cc1cc(-c2ccnc(NC(=O)C3C(C)CC3C(N)=O)c2)ccc1OC1CCOCC1. The first-order valence-corrected chi connectivity index (χ1v) is 10.8. The van der Waals surface area contributed by atoms with E-state index < -0.39 is 17.7 Å². The molecule has 0 bridgehead atoms. The molecule has 2 amide bonds. The van der Waals surface area contributed by atoms with Crippen molar-refractivity contribution < 1.29 is 19.1 Å². The van der Waals surface area contributed by atoms with Crippen molar-refractivity contribution in [3.05, 3.63) is 42.1 Å². The number of hydrogen-bond acceptors (Lipinski definition) is 5. The van der Waals surface area contributed by atoms with Crippen LogP contribution in [0.4, 0.5) is 5.82 Å². The molecule has 3 atom stereocenters. The summed E-state index contributed by atoms with van der Waals surface area (Å²) in [4.78, 5) is 28.5. The molecule has 2 aromatic rings. The molecule has 1 aromatic heterocycles. The molecule has 2 aliphatic rings. The van der Waals surface area contributed by atoms with Gasteiger partial charge in [0.15, 0.2) is 0 Å². The zero-order valence-electron chi connectivity index (χ0n) is 18.0. The van der Waals surface area contributed by atoms with E-state index in [1.54, 1.807) is 6.20 Å². The lowest BCUT2D eigenvalue weighted by Gasteiger charge is -2.39. The van der Waals surface area contributed by atoms with E-state index in [-0.39, 0.29) is 17.9 Å². The molecular formula is C24H29N3O4. The Kier molecular flexibility index (Phi) is 6.23. The Morgan fingerprint density at radius 3 is 2.58 bits per heavy atom. The van der Waals surface area contributed by atoms with Crippen molar-refractivity contribution in [1.29, 1.82) is 0 Å². The van der Waals surface area contributed by atoms with E-state index in [2.05, 4.69) is 16.4 Å². The molecule has 1 saturated carbocycles. The Morgan fingerprint density at radius 1 is 1.16 bits per heavy atom. The van der Waals surface area contributed by atoms with E-state index in [1.807, 2.05) is 38.1 Å². The highest BCUT2D eigenvalue weighted by atomic mass is 16.5. The minimum Gasteiger partial charge on any atom is -0.490 e. The number of aromatic nitrogens is 1. The Hall–Kier alpha value is -2.93. The molecule has 1 aliphatic heterocycles. The van der Waals surface area contributed by atoms with Crippen LogP contribution in [0.15, 0.2) is 36.5 Å². The third kappa shape index (κ3) is 4.71. The summed E-state index contributed by atoms with van der Waals surface area (Å²) < 4.78 is 11.5. The highest BCUT2D eigenvalue weighted by Gasteiger charge is 2.46. The van der Waals surface area contributed by atoms with Gasteiger partial charge in [0.2, 0.25) is 11.8 Å². The first kappa shape index (κ1) is 21.3. The molecule has 1 aromatic carbocycles. The number of carbonyl (C=O) groups is 2. The third-order valence-corrected chi connectivity index (χ3v) is 6.32. The van der Waals surface area contributed by atoms with Gasteiger partial charge in [0, 0.05) is 25.0 Å². The van der Waals surface area contributed by atoms with Crippen molar-refractivity contribution in [2.45, 2.75) is 39.2 Å². The van der Waals surface area contributed by atoms with Crippen LogP contribution in [0.5, 0.6) is 5.75 Å². The molecule has 31 heavy (non-hydrogen) atoms. The Labute approximate surface area is 182 Å². The summed E-state index contributed by atoms with van der Waals surface area (Å²) in [7, 11) is 0. The third-order valence-electron chi connectivity index (χ3n) is 6.32. The monoisotopic (exact) mass is 423 g/mol. The molecule has 3 N–H and O–H groups in total. The molecule has 164 valence electrons. The molecule has 7 heteroatoms. The van der Waals surface area contributed by atoms with Gasteiger partial charge in [-0.1, -0.05) is 13.0 Å². The van der Waals surface area contributed by atoms with Gasteiger partial charge in [0.1, 0.15) is 17.7 Å². The molecule has 1 saturated heterocycles. The van der Waals surface area contributed by atoms with Crippen LogP contribution < -0.4 is 15.8 Å². The Balaban J connectivity index is 1.46. The quantitative estimate of drug-likeness (QED) is 0.742. The number of anilines is 1. The molecule has 1 aliphatic carbocycles. The average molecular weight is 424 g/mol. The molecular weight excluding hydrogens is 394 g/mol.